The number of rotatable bonds is 5. The molecule has 126 valence electrons. The van der Waals surface area contributed by atoms with Crippen LogP contribution in [0.5, 0.6) is 0 Å². The molecule has 1 heterocycles. The number of hydrogen-bond donors (Lipinski definition) is 0. The fourth-order valence-electron chi connectivity index (χ4n) is 2.49. The van der Waals surface area contributed by atoms with Crippen LogP contribution in [0, 0.1) is 11.7 Å². The number of carbonyl (C=O) groups excluding carboxylic acids is 2. The summed E-state index contributed by atoms with van der Waals surface area (Å²) in [5.41, 5.74) is 0.777. The Hall–Kier alpha value is -1.99. The van der Waals surface area contributed by atoms with Crippen molar-refractivity contribution in [1.29, 1.82) is 0 Å². The van der Waals surface area contributed by atoms with E-state index in [4.69, 9.17) is 9.68 Å². The highest BCUT2D eigenvalue weighted by Crippen LogP contribution is 2.20. The summed E-state index contributed by atoms with van der Waals surface area (Å²) in [5.74, 6) is -0.915. The van der Waals surface area contributed by atoms with E-state index < -0.39 is 0 Å². The van der Waals surface area contributed by atoms with Crippen molar-refractivity contribution in [3.63, 3.8) is 0 Å². The summed E-state index contributed by atoms with van der Waals surface area (Å²) in [4.78, 5) is 35.6. The number of benzene rings is 1. The third kappa shape index (κ3) is 5.01. The summed E-state index contributed by atoms with van der Waals surface area (Å²) in [6, 6.07) is 5.91. The van der Waals surface area contributed by atoms with Crippen LogP contribution in [0.4, 0.5) is 4.39 Å². The molecular formula is C16H21FN2O4. The molecule has 0 aromatic heterocycles. The number of hydrogen-bond acceptors (Lipinski definition) is 5. The molecule has 0 atom stereocenters. The number of hydroxylamine groups is 2. The van der Waals surface area contributed by atoms with Gasteiger partial charge in [-0.3, -0.25) is 9.63 Å². The number of nitrogens with zero attached hydrogens (tertiary/aromatic N) is 2. The van der Waals surface area contributed by atoms with Crippen LogP contribution in [0.25, 0.3) is 0 Å². The zero-order chi connectivity index (χ0) is 16.8. The third-order valence-corrected chi connectivity index (χ3v) is 3.93. The summed E-state index contributed by atoms with van der Waals surface area (Å²) in [5, 5.41) is 1.01. The fraction of sp³-hybridized carbons (Fsp3) is 0.500. The van der Waals surface area contributed by atoms with E-state index in [-0.39, 0.29) is 30.0 Å². The van der Waals surface area contributed by atoms with Crippen molar-refractivity contribution in [3.05, 3.63) is 35.6 Å². The Morgan fingerprint density at radius 2 is 1.87 bits per heavy atom. The van der Waals surface area contributed by atoms with Crippen LogP contribution in [0.1, 0.15) is 18.4 Å². The molecule has 1 fully saturated rings. The van der Waals surface area contributed by atoms with Gasteiger partial charge in [0.2, 0.25) is 5.91 Å². The average molecular weight is 324 g/mol. The molecule has 1 aliphatic heterocycles. The molecule has 0 radical (unpaired) electrons. The first-order valence-corrected chi connectivity index (χ1v) is 7.51. The first kappa shape index (κ1) is 17.4. The highest BCUT2D eigenvalue weighted by Gasteiger charge is 2.29. The van der Waals surface area contributed by atoms with Crippen LogP contribution < -0.4 is 0 Å². The van der Waals surface area contributed by atoms with Gasteiger partial charge in [0.05, 0.1) is 26.5 Å². The van der Waals surface area contributed by atoms with Gasteiger partial charge in [0.25, 0.3) is 0 Å². The summed E-state index contributed by atoms with van der Waals surface area (Å²) in [7, 11) is 2.91. The topological polar surface area (TPSA) is 59.1 Å². The number of amides is 1. The molecule has 1 saturated heterocycles. The van der Waals surface area contributed by atoms with Gasteiger partial charge in [0, 0.05) is 13.1 Å². The largest absolute Gasteiger partial charge is 0.342 e. The summed E-state index contributed by atoms with van der Waals surface area (Å²) in [6.45, 7) is 1.02. The van der Waals surface area contributed by atoms with E-state index in [1.807, 2.05) is 0 Å². The summed E-state index contributed by atoms with van der Waals surface area (Å²) >= 11 is 0. The SMILES string of the molecule is CON(C)OC(=O)C1CCN(C(=O)Cc2ccc(F)cc2)CC1. The Bertz CT molecular complexity index is 542. The molecule has 1 aromatic rings. The van der Waals surface area contributed by atoms with E-state index in [9.17, 15) is 14.0 Å². The molecule has 6 nitrogen and oxygen atoms in total. The van der Waals surface area contributed by atoms with Crippen LogP contribution >= 0.6 is 0 Å². The third-order valence-electron chi connectivity index (χ3n) is 3.93. The molecule has 0 saturated carbocycles. The van der Waals surface area contributed by atoms with Gasteiger partial charge in [0.1, 0.15) is 5.82 Å². The van der Waals surface area contributed by atoms with Crippen molar-refractivity contribution in [2.45, 2.75) is 19.3 Å². The minimum atomic E-state index is -0.347. The molecule has 1 amide bonds. The van der Waals surface area contributed by atoms with Crippen molar-refractivity contribution in [3.8, 4) is 0 Å². The van der Waals surface area contributed by atoms with Crippen molar-refractivity contribution >= 4 is 11.9 Å². The minimum absolute atomic E-state index is 0.0163. The van der Waals surface area contributed by atoms with E-state index in [1.54, 1.807) is 17.0 Å². The Kier molecular flexibility index (Phi) is 6.06. The van der Waals surface area contributed by atoms with Crippen molar-refractivity contribution in [1.82, 2.24) is 10.1 Å². The predicted molar refractivity (Wildman–Crippen MR) is 80.3 cm³/mol. The zero-order valence-corrected chi connectivity index (χ0v) is 13.3. The second-order valence-corrected chi connectivity index (χ2v) is 5.49. The van der Waals surface area contributed by atoms with Gasteiger partial charge in [-0.1, -0.05) is 12.1 Å². The van der Waals surface area contributed by atoms with E-state index in [0.717, 1.165) is 10.8 Å². The molecule has 1 aromatic carbocycles. The van der Waals surface area contributed by atoms with Gasteiger partial charge in [0.15, 0.2) is 0 Å². The van der Waals surface area contributed by atoms with Gasteiger partial charge in [-0.15, -0.1) is 0 Å². The second kappa shape index (κ2) is 8.03. The minimum Gasteiger partial charge on any atom is -0.342 e. The summed E-state index contributed by atoms with van der Waals surface area (Å²) < 4.78 is 12.9. The molecule has 2 rings (SSSR count). The Morgan fingerprint density at radius 1 is 1.26 bits per heavy atom. The normalized spacial score (nSPS) is 15.7. The lowest BCUT2D eigenvalue weighted by molar-refractivity contribution is -0.320. The molecule has 0 N–H and O–H groups in total. The van der Waals surface area contributed by atoms with E-state index in [0.29, 0.717) is 25.9 Å². The van der Waals surface area contributed by atoms with Crippen LogP contribution in [0.3, 0.4) is 0 Å². The first-order chi connectivity index (χ1) is 11.0. The van der Waals surface area contributed by atoms with Gasteiger partial charge in [-0.25, -0.2) is 9.18 Å². The van der Waals surface area contributed by atoms with Crippen LogP contribution in [-0.2, 0) is 25.7 Å². The number of likely N-dealkylation sites (tertiary alicyclic amines) is 1. The Morgan fingerprint density at radius 3 is 2.43 bits per heavy atom. The maximum atomic E-state index is 12.9. The number of carbonyl (C=O) groups is 2. The monoisotopic (exact) mass is 324 g/mol. The highest BCUT2D eigenvalue weighted by molar-refractivity contribution is 5.79. The molecule has 0 bridgehead atoms. The molecule has 1 aliphatic rings. The van der Waals surface area contributed by atoms with Crippen molar-refractivity contribution in [2.75, 3.05) is 27.2 Å². The predicted octanol–water partition coefficient (Wildman–Crippen LogP) is 1.56. The second-order valence-electron chi connectivity index (χ2n) is 5.49. The Balaban J connectivity index is 1.80. The maximum Gasteiger partial charge on any atom is 0.331 e. The molecule has 23 heavy (non-hydrogen) atoms. The molecular weight excluding hydrogens is 303 g/mol. The molecule has 0 unspecified atom stereocenters. The lowest BCUT2D eigenvalue weighted by Crippen LogP contribution is -2.42. The summed E-state index contributed by atoms with van der Waals surface area (Å²) in [6.07, 6.45) is 1.36. The first-order valence-electron chi connectivity index (χ1n) is 7.51. The lowest BCUT2D eigenvalue weighted by atomic mass is 9.96. The number of piperidine rings is 1. The standard InChI is InChI=1S/C16H21FN2O4/c1-18(22-2)23-16(21)13-7-9-19(10-8-13)15(20)11-12-3-5-14(17)6-4-12/h3-6,13H,7-11H2,1-2H3. The van der Waals surface area contributed by atoms with Crippen LogP contribution in [0.15, 0.2) is 24.3 Å². The van der Waals surface area contributed by atoms with Crippen LogP contribution in [0.2, 0.25) is 0 Å². The van der Waals surface area contributed by atoms with Crippen molar-refractivity contribution in [2.24, 2.45) is 5.92 Å². The van der Waals surface area contributed by atoms with Gasteiger partial charge in [-0.05, 0) is 35.8 Å². The van der Waals surface area contributed by atoms with E-state index in [1.165, 1.54) is 26.3 Å². The van der Waals surface area contributed by atoms with Gasteiger partial charge < -0.3 is 9.74 Å². The highest BCUT2D eigenvalue weighted by atomic mass is 19.1. The van der Waals surface area contributed by atoms with Gasteiger partial charge in [-0.2, -0.15) is 0 Å². The maximum absolute atomic E-state index is 12.9. The molecule has 0 aliphatic carbocycles. The average Bonchev–Trinajstić information content (AvgIpc) is 2.56. The lowest BCUT2D eigenvalue weighted by Gasteiger charge is -2.31. The van der Waals surface area contributed by atoms with Gasteiger partial charge >= 0.3 is 5.97 Å². The van der Waals surface area contributed by atoms with Crippen molar-refractivity contribution < 1.29 is 23.7 Å². The Labute approximate surface area is 134 Å². The molecule has 7 heteroatoms. The quantitative estimate of drug-likeness (QED) is 0.769. The molecule has 0 spiro atoms. The smallest absolute Gasteiger partial charge is 0.331 e. The fourth-order valence-corrected chi connectivity index (χ4v) is 2.49. The van der Waals surface area contributed by atoms with E-state index in [2.05, 4.69) is 0 Å². The zero-order valence-electron chi connectivity index (χ0n) is 13.3. The number of halogens is 1. The van der Waals surface area contributed by atoms with E-state index >= 15 is 0 Å². The van der Waals surface area contributed by atoms with Crippen LogP contribution in [-0.4, -0.2) is 49.2 Å².